The predicted molar refractivity (Wildman–Crippen MR) is 67.4 cm³/mol. The molecule has 0 fully saturated rings. The van der Waals surface area contributed by atoms with Gasteiger partial charge in [0.1, 0.15) is 0 Å². The van der Waals surface area contributed by atoms with Gasteiger partial charge in [-0.3, -0.25) is 4.79 Å². The van der Waals surface area contributed by atoms with Crippen LogP contribution >= 0.6 is 15.9 Å². The van der Waals surface area contributed by atoms with E-state index in [0.717, 1.165) is 4.47 Å². The van der Waals surface area contributed by atoms with Crippen LogP contribution in [-0.4, -0.2) is 24.5 Å². The molecule has 0 heterocycles. The smallest absolute Gasteiger partial charge is 0.332 e. The molecule has 1 atom stereocenters. The number of nitrogens with one attached hydrogen (secondary N) is 1. The van der Waals surface area contributed by atoms with E-state index in [1.807, 2.05) is 0 Å². The molecule has 0 bridgehead atoms. The van der Waals surface area contributed by atoms with E-state index in [1.165, 1.54) is 0 Å². The number of hydrogen-bond donors (Lipinski definition) is 2. The van der Waals surface area contributed by atoms with Gasteiger partial charge in [-0.15, -0.1) is 0 Å². The minimum Gasteiger partial charge on any atom is -0.464 e. The Morgan fingerprint density at radius 2 is 2.00 bits per heavy atom. The number of anilines is 1. The molecule has 0 aliphatic carbocycles. The third kappa shape index (κ3) is 4.16. The van der Waals surface area contributed by atoms with Gasteiger partial charge in [-0.25, -0.2) is 4.79 Å². The van der Waals surface area contributed by atoms with Gasteiger partial charge in [0.05, 0.1) is 6.61 Å². The fourth-order valence-electron chi connectivity index (χ4n) is 1.09. The number of ether oxygens (including phenoxy) is 1. The number of nitrogens with two attached hydrogens (primary N) is 1. The molecule has 0 aliphatic rings. The Hall–Kier alpha value is -1.40. The maximum atomic E-state index is 11.6. The molecule has 1 rings (SSSR count). The summed E-state index contributed by atoms with van der Waals surface area (Å²) >= 11 is 3.27. The minimum atomic E-state index is -1.31. The molecule has 5 nitrogen and oxygen atoms in total. The van der Waals surface area contributed by atoms with Crippen LogP contribution in [0.2, 0.25) is 0 Å². The Morgan fingerprint density at radius 3 is 2.53 bits per heavy atom. The van der Waals surface area contributed by atoms with Crippen LogP contribution in [-0.2, 0) is 14.3 Å². The summed E-state index contributed by atoms with van der Waals surface area (Å²) in [5.74, 6) is -1.33. The second-order valence-electron chi connectivity index (χ2n) is 3.23. The molecule has 1 aromatic rings. The van der Waals surface area contributed by atoms with Crippen LogP contribution in [0.15, 0.2) is 28.7 Å². The predicted octanol–water partition coefficient (Wildman–Crippen LogP) is 1.28. The number of hydrogen-bond acceptors (Lipinski definition) is 4. The molecule has 0 saturated carbocycles. The fraction of sp³-hybridized carbons (Fsp3) is 0.273. The average molecular weight is 301 g/mol. The van der Waals surface area contributed by atoms with Crippen molar-refractivity contribution in [2.24, 2.45) is 5.73 Å². The highest BCUT2D eigenvalue weighted by molar-refractivity contribution is 9.10. The first-order valence-electron chi connectivity index (χ1n) is 5.03. The van der Waals surface area contributed by atoms with E-state index < -0.39 is 17.9 Å². The molecule has 6 heteroatoms. The van der Waals surface area contributed by atoms with E-state index >= 15 is 0 Å². The molecule has 0 spiro atoms. The van der Waals surface area contributed by atoms with E-state index in [9.17, 15) is 9.59 Å². The average Bonchev–Trinajstić information content (AvgIpc) is 2.31. The summed E-state index contributed by atoms with van der Waals surface area (Å²) in [5, 5.41) is 2.52. The maximum absolute atomic E-state index is 11.6. The van der Waals surface area contributed by atoms with Crippen molar-refractivity contribution >= 4 is 33.5 Å². The van der Waals surface area contributed by atoms with Gasteiger partial charge in [0.15, 0.2) is 6.04 Å². The zero-order valence-electron chi connectivity index (χ0n) is 9.27. The summed E-state index contributed by atoms with van der Waals surface area (Å²) in [6.45, 7) is 1.84. The van der Waals surface area contributed by atoms with Crippen molar-refractivity contribution < 1.29 is 14.3 Å². The number of benzene rings is 1. The highest BCUT2D eigenvalue weighted by Gasteiger charge is 2.23. The Morgan fingerprint density at radius 1 is 1.41 bits per heavy atom. The van der Waals surface area contributed by atoms with Gasteiger partial charge < -0.3 is 15.8 Å². The Balaban J connectivity index is 2.59. The summed E-state index contributed by atoms with van der Waals surface area (Å²) in [7, 11) is 0. The lowest BCUT2D eigenvalue weighted by Gasteiger charge is -2.11. The van der Waals surface area contributed by atoms with Crippen molar-refractivity contribution in [1.82, 2.24) is 0 Å². The number of carbonyl (C=O) groups excluding carboxylic acids is 2. The SMILES string of the molecule is CCOC(=O)C(N)C(=O)Nc1ccc(Br)cc1. The fourth-order valence-corrected chi connectivity index (χ4v) is 1.36. The standard InChI is InChI=1S/C11H13BrN2O3/c1-2-17-11(16)9(13)10(15)14-8-5-3-7(12)4-6-8/h3-6,9H,2,13H2,1H3,(H,14,15). The second-order valence-corrected chi connectivity index (χ2v) is 4.14. The summed E-state index contributed by atoms with van der Waals surface area (Å²) in [4.78, 5) is 22.8. The van der Waals surface area contributed by atoms with Crippen LogP contribution in [0.25, 0.3) is 0 Å². The molecule has 0 radical (unpaired) electrons. The molecular weight excluding hydrogens is 288 g/mol. The first kappa shape index (κ1) is 13.7. The molecule has 92 valence electrons. The Bertz CT molecular complexity index is 406. The highest BCUT2D eigenvalue weighted by Crippen LogP contribution is 2.14. The van der Waals surface area contributed by atoms with Gasteiger partial charge in [0.25, 0.3) is 5.91 Å². The van der Waals surface area contributed by atoms with Crippen LogP contribution < -0.4 is 11.1 Å². The number of halogens is 1. The van der Waals surface area contributed by atoms with Gasteiger partial charge in [-0.1, -0.05) is 15.9 Å². The topological polar surface area (TPSA) is 81.4 Å². The Kier molecular flexibility index (Phi) is 5.11. The lowest BCUT2D eigenvalue weighted by atomic mass is 10.2. The van der Waals surface area contributed by atoms with E-state index in [-0.39, 0.29) is 6.61 Å². The first-order chi connectivity index (χ1) is 8.04. The number of esters is 1. The lowest BCUT2D eigenvalue weighted by molar-refractivity contribution is -0.146. The van der Waals surface area contributed by atoms with Gasteiger partial charge in [0.2, 0.25) is 0 Å². The molecule has 0 aromatic heterocycles. The number of rotatable bonds is 4. The molecular formula is C11H13BrN2O3. The molecule has 0 saturated heterocycles. The van der Waals surface area contributed by atoms with Gasteiger partial charge in [-0.2, -0.15) is 0 Å². The summed E-state index contributed by atoms with van der Waals surface area (Å²) in [6.07, 6.45) is 0. The quantitative estimate of drug-likeness (QED) is 0.648. The molecule has 1 aromatic carbocycles. The van der Waals surface area contributed by atoms with E-state index in [1.54, 1.807) is 31.2 Å². The summed E-state index contributed by atoms with van der Waals surface area (Å²) in [5.41, 5.74) is 6.00. The number of amides is 1. The maximum Gasteiger partial charge on any atom is 0.332 e. The Labute approximate surface area is 107 Å². The molecule has 3 N–H and O–H groups in total. The van der Waals surface area contributed by atoms with Crippen molar-refractivity contribution in [3.63, 3.8) is 0 Å². The van der Waals surface area contributed by atoms with Gasteiger partial charge >= 0.3 is 5.97 Å². The zero-order valence-corrected chi connectivity index (χ0v) is 10.9. The van der Waals surface area contributed by atoms with Crippen LogP contribution in [0.3, 0.4) is 0 Å². The molecule has 1 unspecified atom stereocenters. The summed E-state index contributed by atoms with van der Waals surface area (Å²) < 4.78 is 5.54. The van der Waals surface area contributed by atoms with Crippen molar-refractivity contribution in [2.45, 2.75) is 13.0 Å². The molecule has 1 amide bonds. The summed E-state index contributed by atoms with van der Waals surface area (Å²) in [6, 6.07) is 5.62. The minimum absolute atomic E-state index is 0.193. The van der Waals surface area contributed by atoms with Crippen LogP contribution in [0.1, 0.15) is 6.92 Å². The van der Waals surface area contributed by atoms with E-state index in [0.29, 0.717) is 5.69 Å². The third-order valence-electron chi connectivity index (χ3n) is 1.93. The van der Waals surface area contributed by atoms with Crippen LogP contribution in [0.5, 0.6) is 0 Å². The van der Waals surface area contributed by atoms with E-state index in [4.69, 9.17) is 5.73 Å². The van der Waals surface area contributed by atoms with Crippen molar-refractivity contribution in [3.8, 4) is 0 Å². The lowest BCUT2D eigenvalue weighted by Crippen LogP contribution is -2.43. The zero-order chi connectivity index (χ0) is 12.8. The van der Waals surface area contributed by atoms with Gasteiger partial charge in [-0.05, 0) is 31.2 Å². The molecule has 17 heavy (non-hydrogen) atoms. The first-order valence-corrected chi connectivity index (χ1v) is 5.82. The second kappa shape index (κ2) is 6.36. The van der Waals surface area contributed by atoms with Crippen LogP contribution in [0, 0.1) is 0 Å². The molecule has 0 aliphatic heterocycles. The van der Waals surface area contributed by atoms with Crippen molar-refractivity contribution in [2.75, 3.05) is 11.9 Å². The normalized spacial score (nSPS) is 11.7. The van der Waals surface area contributed by atoms with Crippen LogP contribution in [0.4, 0.5) is 5.69 Å². The number of carbonyl (C=O) groups is 2. The van der Waals surface area contributed by atoms with Crippen molar-refractivity contribution in [3.05, 3.63) is 28.7 Å². The van der Waals surface area contributed by atoms with Crippen molar-refractivity contribution in [1.29, 1.82) is 0 Å². The third-order valence-corrected chi connectivity index (χ3v) is 2.46. The van der Waals surface area contributed by atoms with Gasteiger partial charge in [0, 0.05) is 10.2 Å². The largest absolute Gasteiger partial charge is 0.464 e. The monoisotopic (exact) mass is 300 g/mol. The highest BCUT2D eigenvalue weighted by atomic mass is 79.9. The van der Waals surface area contributed by atoms with E-state index in [2.05, 4.69) is 26.0 Å².